The number of rotatable bonds is 3. The minimum atomic E-state index is -0.757. The average Bonchev–Trinajstić information content (AvgIpc) is 3.02. The predicted molar refractivity (Wildman–Crippen MR) is 82.1 cm³/mol. The van der Waals surface area contributed by atoms with Crippen molar-refractivity contribution in [3.05, 3.63) is 36.5 Å². The minimum Gasteiger partial charge on any atom is -0.342 e. The fraction of sp³-hybridized carbons (Fsp3) is 0.412. The highest BCUT2D eigenvalue weighted by Gasteiger charge is 2.45. The lowest BCUT2D eigenvalue weighted by Crippen LogP contribution is -2.51. The van der Waals surface area contributed by atoms with E-state index in [0.29, 0.717) is 25.2 Å². The molecule has 1 amide bonds. The number of hydrogen-bond donors (Lipinski definition) is 1. The summed E-state index contributed by atoms with van der Waals surface area (Å²) in [7, 11) is 0. The number of fused-ring (bicyclic) bond motifs is 1. The molecule has 0 radical (unpaired) electrons. The molecule has 1 atom stereocenters. The lowest BCUT2D eigenvalue weighted by atomic mass is 9.86. The number of carbonyl (C=O) groups excluding carboxylic acids is 2. The Morgan fingerprint density at radius 2 is 2.10 bits per heavy atom. The van der Waals surface area contributed by atoms with Crippen LogP contribution in [0.1, 0.15) is 37.9 Å². The van der Waals surface area contributed by atoms with Crippen molar-refractivity contribution in [3.8, 4) is 0 Å². The molecule has 4 heteroatoms. The Morgan fingerprint density at radius 3 is 2.76 bits per heavy atom. The van der Waals surface area contributed by atoms with Crippen LogP contribution in [-0.2, 0) is 4.79 Å². The summed E-state index contributed by atoms with van der Waals surface area (Å²) in [4.78, 5) is 24.8. The summed E-state index contributed by atoms with van der Waals surface area (Å²) in [5.74, 6) is 0.290. The van der Waals surface area contributed by atoms with Crippen LogP contribution in [0.4, 0.5) is 0 Å². The van der Waals surface area contributed by atoms with E-state index in [-0.39, 0.29) is 11.8 Å². The molecule has 0 saturated carbocycles. The van der Waals surface area contributed by atoms with Crippen LogP contribution in [0.5, 0.6) is 0 Å². The molecule has 1 N–H and O–H groups in total. The summed E-state index contributed by atoms with van der Waals surface area (Å²) in [5, 5.41) is 3.98. The van der Waals surface area contributed by atoms with Gasteiger partial charge in [0.25, 0.3) is 5.91 Å². The first-order valence-electron chi connectivity index (χ1n) is 7.44. The number of para-hydroxylation sites is 1. The van der Waals surface area contributed by atoms with Crippen LogP contribution < -0.4 is 5.32 Å². The summed E-state index contributed by atoms with van der Waals surface area (Å²) in [6.45, 7) is 4.15. The second-order valence-corrected chi connectivity index (χ2v) is 6.28. The molecular weight excluding hydrogens is 264 g/mol. The Hall–Kier alpha value is -2.10. The Morgan fingerprint density at radius 1 is 1.33 bits per heavy atom. The maximum Gasteiger partial charge on any atom is 0.256 e. The summed E-state index contributed by atoms with van der Waals surface area (Å²) in [6.07, 6.45) is 3.48. The van der Waals surface area contributed by atoms with Crippen LogP contribution in [-0.4, -0.2) is 21.9 Å². The van der Waals surface area contributed by atoms with Gasteiger partial charge in [0, 0.05) is 18.0 Å². The average molecular weight is 284 g/mol. The van der Waals surface area contributed by atoms with E-state index >= 15 is 0 Å². The van der Waals surface area contributed by atoms with Crippen molar-refractivity contribution in [1.82, 2.24) is 9.88 Å². The molecule has 1 fully saturated rings. The number of amides is 1. The van der Waals surface area contributed by atoms with Gasteiger partial charge in [0.05, 0.1) is 5.52 Å². The molecular formula is C17H20N2O2. The van der Waals surface area contributed by atoms with Crippen molar-refractivity contribution in [3.63, 3.8) is 0 Å². The van der Waals surface area contributed by atoms with Crippen LogP contribution >= 0.6 is 0 Å². The van der Waals surface area contributed by atoms with Gasteiger partial charge in [0.1, 0.15) is 5.54 Å². The van der Waals surface area contributed by atoms with Crippen LogP contribution in [0.2, 0.25) is 0 Å². The smallest absolute Gasteiger partial charge is 0.256 e. The van der Waals surface area contributed by atoms with Gasteiger partial charge >= 0.3 is 0 Å². The van der Waals surface area contributed by atoms with Crippen molar-refractivity contribution in [2.45, 2.75) is 38.6 Å². The summed E-state index contributed by atoms with van der Waals surface area (Å²) in [5.41, 5.74) is 0.138. The molecule has 110 valence electrons. The summed E-state index contributed by atoms with van der Waals surface area (Å²) < 4.78 is 1.68. The molecule has 1 aromatic carbocycles. The molecule has 3 rings (SSSR count). The Labute approximate surface area is 124 Å². The fourth-order valence-corrected chi connectivity index (χ4v) is 3.31. The second-order valence-electron chi connectivity index (χ2n) is 6.28. The third-order valence-electron chi connectivity index (χ3n) is 4.14. The largest absolute Gasteiger partial charge is 0.342 e. The number of nitrogens with one attached hydrogen (secondary N) is 1. The normalized spacial score (nSPS) is 22.0. The molecule has 1 aliphatic rings. The highest BCUT2D eigenvalue weighted by Crippen LogP contribution is 2.30. The fourth-order valence-electron chi connectivity index (χ4n) is 3.31. The predicted octanol–water partition coefficient (Wildman–Crippen LogP) is 2.98. The van der Waals surface area contributed by atoms with Crippen molar-refractivity contribution in [1.29, 1.82) is 0 Å². The van der Waals surface area contributed by atoms with Crippen LogP contribution in [0.15, 0.2) is 36.5 Å². The number of nitrogens with zero attached hydrogens (tertiary/aromatic N) is 1. The van der Waals surface area contributed by atoms with Gasteiger partial charge in [-0.1, -0.05) is 32.0 Å². The maximum atomic E-state index is 13.1. The third kappa shape index (κ3) is 2.35. The Bertz CT molecular complexity index is 702. The second kappa shape index (κ2) is 5.02. The molecule has 4 nitrogen and oxygen atoms in total. The van der Waals surface area contributed by atoms with Gasteiger partial charge in [-0.15, -0.1) is 0 Å². The van der Waals surface area contributed by atoms with Crippen LogP contribution in [0, 0.1) is 5.92 Å². The van der Waals surface area contributed by atoms with E-state index in [1.807, 2.05) is 30.3 Å². The minimum absolute atomic E-state index is 0.0248. The molecule has 2 aromatic rings. The van der Waals surface area contributed by atoms with Crippen molar-refractivity contribution in [2.75, 3.05) is 0 Å². The Balaban J connectivity index is 2.03. The van der Waals surface area contributed by atoms with E-state index < -0.39 is 5.54 Å². The van der Waals surface area contributed by atoms with Crippen LogP contribution in [0.3, 0.4) is 0 Å². The van der Waals surface area contributed by atoms with Crippen molar-refractivity contribution >= 4 is 22.7 Å². The first kappa shape index (κ1) is 13.9. The van der Waals surface area contributed by atoms with Gasteiger partial charge in [-0.05, 0) is 30.9 Å². The molecule has 1 aliphatic heterocycles. The lowest BCUT2D eigenvalue weighted by Gasteiger charge is -2.29. The van der Waals surface area contributed by atoms with E-state index in [9.17, 15) is 9.59 Å². The van der Waals surface area contributed by atoms with Crippen molar-refractivity contribution < 1.29 is 9.59 Å². The zero-order valence-electron chi connectivity index (χ0n) is 12.4. The zero-order valence-corrected chi connectivity index (χ0v) is 12.4. The SMILES string of the molecule is CC(C)CC1(C(=O)n2ccc3ccccc32)CCC(=O)N1. The highest BCUT2D eigenvalue weighted by atomic mass is 16.2. The maximum absolute atomic E-state index is 13.1. The molecule has 0 aliphatic carbocycles. The summed E-state index contributed by atoms with van der Waals surface area (Å²) >= 11 is 0. The number of benzene rings is 1. The van der Waals surface area contributed by atoms with E-state index in [4.69, 9.17) is 0 Å². The van der Waals surface area contributed by atoms with Crippen LogP contribution in [0.25, 0.3) is 10.9 Å². The van der Waals surface area contributed by atoms with Gasteiger partial charge < -0.3 is 5.32 Å². The first-order chi connectivity index (χ1) is 10.0. The zero-order chi connectivity index (χ0) is 15.0. The monoisotopic (exact) mass is 284 g/mol. The Kier molecular flexibility index (Phi) is 3.32. The quantitative estimate of drug-likeness (QED) is 0.942. The van der Waals surface area contributed by atoms with E-state index in [2.05, 4.69) is 19.2 Å². The molecule has 1 saturated heterocycles. The first-order valence-corrected chi connectivity index (χ1v) is 7.44. The molecule has 1 unspecified atom stereocenters. The molecule has 0 bridgehead atoms. The topological polar surface area (TPSA) is 51.1 Å². The number of aromatic nitrogens is 1. The number of hydrogen-bond acceptors (Lipinski definition) is 2. The molecule has 2 heterocycles. The molecule has 1 aromatic heterocycles. The van der Waals surface area contributed by atoms with Gasteiger partial charge in [0.15, 0.2) is 0 Å². The van der Waals surface area contributed by atoms with E-state index in [1.165, 1.54) is 0 Å². The molecule has 0 spiro atoms. The van der Waals surface area contributed by atoms with Gasteiger partial charge in [-0.3, -0.25) is 14.2 Å². The van der Waals surface area contributed by atoms with Gasteiger partial charge in [0.2, 0.25) is 5.91 Å². The third-order valence-corrected chi connectivity index (χ3v) is 4.14. The highest BCUT2D eigenvalue weighted by molar-refractivity contribution is 6.01. The standard InChI is InChI=1S/C17H20N2O2/c1-12(2)11-17(9-7-15(20)18-17)16(21)19-10-8-13-5-3-4-6-14(13)19/h3-6,8,10,12H,7,9,11H2,1-2H3,(H,18,20). The van der Waals surface area contributed by atoms with Crippen molar-refractivity contribution in [2.24, 2.45) is 5.92 Å². The lowest BCUT2D eigenvalue weighted by molar-refractivity contribution is -0.119. The molecule has 21 heavy (non-hydrogen) atoms. The van der Waals surface area contributed by atoms with Gasteiger partial charge in [-0.25, -0.2) is 0 Å². The van der Waals surface area contributed by atoms with Gasteiger partial charge in [-0.2, -0.15) is 0 Å². The summed E-state index contributed by atoms with van der Waals surface area (Å²) in [6, 6.07) is 9.74. The van der Waals surface area contributed by atoms with E-state index in [0.717, 1.165) is 10.9 Å². The van der Waals surface area contributed by atoms with E-state index in [1.54, 1.807) is 10.8 Å². The number of carbonyl (C=O) groups is 2.